The zero-order valence-electron chi connectivity index (χ0n) is 15.5. The first-order valence-electron chi connectivity index (χ1n) is 8.81. The third-order valence-corrected chi connectivity index (χ3v) is 4.88. The summed E-state index contributed by atoms with van der Waals surface area (Å²) in [4.78, 5) is 12.3. The number of fused-ring (bicyclic) bond motifs is 1. The summed E-state index contributed by atoms with van der Waals surface area (Å²) in [5.74, 6) is -0.0488. The van der Waals surface area contributed by atoms with Crippen molar-refractivity contribution in [1.29, 1.82) is 0 Å². The molecule has 1 heterocycles. The number of aliphatic hydroxyl groups is 1. The number of phenols is 1. The van der Waals surface area contributed by atoms with Crippen LogP contribution in [0.1, 0.15) is 19.4 Å². The molecule has 28 heavy (non-hydrogen) atoms. The Morgan fingerprint density at radius 3 is 2.57 bits per heavy atom. The highest BCUT2D eigenvalue weighted by molar-refractivity contribution is 6.34. The third-order valence-electron chi connectivity index (χ3n) is 4.44. The number of nitrogens with one attached hydrogen (secondary N) is 2. The van der Waals surface area contributed by atoms with Gasteiger partial charge < -0.3 is 25.6 Å². The van der Waals surface area contributed by atoms with Gasteiger partial charge in [0.05, 0.1) is 5.69 Å². The lowest BCUT2D eigenvalue weighted by Gasteiger charge is -2.32. The number of hydrogen-bond donors (Lipinski definition) is 4. The summed E-state index contributed by atoms with van der Waals surface area (Å²) in [5, 5.41) is 27.0. The molecule has 2 aromatic carbocycles. The Kier molecular flexibility index (Phi) is 6.05. The molecule has 8 heteroatoms. The quantitative estimate of drug-likeness (QED) is 0.570. The van der Waals surface area contributed by atoms with Gasteiger partial charge in [-0.05, 0) is 56.2 Å². The fourth-order valence-electron chi connectivity index (χ4n) is 3.14. The second-order valence-corrected chi connectivity index (χ2v) is 8.37. The van der Waals surface area contributed by atoms with Crippen LogP contribution in [0.4, 0.5) is 5.69 Å². The molecule has 3 rings (SSSR count). The number of hydrogen-bond acceptors (Lipinski definition) is 5. The van der Waals surface area contributed by atoms with Gasteiger partial charge in [-0.25, -0.2) is 0 Å². The Bertz CT molecular complexity index is 868. The molecular formula is C20H22Cl2N2O4. The third kappa shape index (κ3) is 5.08. The van der Waals surface area contributed by atoms with E-state index in [9.17, 15) is 15.0 Å². The van der Waals surface area contributed by atoms with E-state index in [1.165, 1.54) is 12.1 Å². The molecule has 0 spiro atoms. The maximum Gasteiger partial charge on any atom is 0.268 e. The summed E-state index contributed by atoms with van der Waals surface area (Å²) >= 11 is 12.1. The van der Waals surface area contributed by atoms with Crippen LogP contribution in [0.15, 0.2) is 36.4 Å². The molecular weight excluding hydrogens is 403 g/mol. The van der Waals surface area contributed by atoms with Crippen molar-refractivity contribution in [3.63, 3.8) is 0 Å². The highest BCUT2D eigenvalue weighted by atomic mass is 35.5. The maximum absolute atomic E-state index is 12.3. The first-order valence-corrected chi connectivity index (χ1v) is 9.57. The second-order valence-electron chi connectivity index (χ2n) is 7.49. The van der Waals surface area contributed by atoms with Crippen LogP contribution in [0.2, 0.25) is 10.0 Å². The van der Waals surface area contributed by atoms with Crippen molar-refractivity contribution in [2.45, 2.75) is 38.0 Å². The fourth-order valence-corrected chi connectivity index (χ4v) is 3.71. The van der Waals surface area contributed by atoms with Gasteiger partial charge >= 0.3 is 0 Å². The van der Waals surface area contributed by atoms with Crippen LogP contribution in [0.3, 0.4) is 0 Å². The number of rotatable bonds is 6. The zero-order valence-corrected chi connectivity index (χ0v) is 17.0. The lowest BCUT2D eigenvalue weighted by Crippen LogP contribution is -2.53. The van der Waals surface area contributed by atoms with Gasteiger partial charge in [0.2, 0.25) is 6.10 Å². The molecule has 0 aliphatic carbocycles. The Morgan fingerprint density at radius 1 is 1.21 bits per heavy atom. The first-order chi connectivity index (χ1) is 13.1. The van der Waals surface area contributed by atoms with Gasteiger partial charge in [0.25, 0.3) is 5.91 Å². The summed E-state index contributed by atoms with van der Waals surface area (Å²) in [7, 11) is 0. The van der Waals surface area contributed by atoms with Crippen LogP contribution < -0.4 is 15.4 Å². The zero-order chi connectivity index (χ0) is 20.5. The van der Waals surface area contributed by atoms with Crippen molar-refractivity contribution >= 4 is 34.8 Å². The molecule has 150 valence electrons. The number of carbonyl (C=O) groups excluding carboxylic acids is 1. The summed E-state index contributed by atoms with van der Waals surface area (Å²) < 4.78 is 5.63. The lowest BCUT2D eigenvalue weighted by atomic mass is 9.94. The van der Waals surface area contributed by atoms with E-state index in [4.69, 9.17) is 27.9 Å². The van der Waals surface area contributed by atoms with Gasteiger partial charge in [-0.2, -0.15) is 0 Å². The number of anilines is 1. The normalized spacial score (nSPS) is 17.5. The van der Waals surface area contributed by atoms with E-state index in [1.807, 2.05) is 26.0 Å². The molecule has 0 fully saturated rings. The minimum absolute atomic E-state index is 0.0196. The van der Waals surface area contributed by atoms with Gasteiger partial charge in [0.15, 0.2) is 0 Å². The van der Waals surface area contributed by atoms with Crippen LogP contribution in [0, 0.1) is 0 Å². The van der Waals surface area contributed by atoms with E-state index in [-0.39, 0.29) is 17.8 Å². The lowest BCUT2D eigenvalue weighted by molar-refractivity contribution is -0.128. The van der Waals surface area contributed by atoms with E-state index in [1.54, 1.807) is 12.1 Å². The van der Waals surface area contributed by atoms with Gasteiger partial charge in [-0.1, -0.05) is 23.2 Å². The Labute approximate surface area is 173 Å². The van der Waals surface area contributed by atoms with E-state index in [2.05, 4.69) is 10.6 Å². The Balaban J connectivity index is 1.61. The van der Waals surface area contributed by atoms with Crippen molar-refractivity contribution in [1.82, 2.24) is 5.32 Å². The highest BCUT2D eigenvalue weighted by Crippen LogP contribution is 2.33. The van der Waals surface area contributed by atoms with Gasteiger partial charge in [-0.15, -0.1) is 0 Å². The van der Waals surface area contributed by atoms with Gasteiger partial charge in [0, 0.05) is 28.2 Å². The number of benzene rings is 2. The minimum Gasteiger partial charge on any atom is -0.508 e. The number of phenolic OH excluding ortho intramolecular Hbond substituents is 1. The number of amides is 1. The molecule has 0 bridgehead atoms. The monoisotopic (exact) mass is 424 g/mol. The predicted molar refractivity (Wildman–Crippen MR) is 109 cm³/mol. The van der Waals surface area contributed by atoms with Crippen LogP contribution in [-0.4, -0.2) is 40.4 Å². The smallest absolute Gasteiger partial charge is 0.268 e. The van der Waals surface area contributed by atoms with Crippen molar-refractivity contribution in [3.8, 4) is 11.5 Å². The van der Waals surface area contributed by atoms with Crippen LogP contribution in [-0.2, 0) is 11.2 Å². The van der Waals surface area contributed by atoms with E-state index < -0.39 is 18.1 Å². The standard InChI is InChI=1S/C20H22Cl2N2O4/c1-20(2,9-11-5-12(21)7-13(22)6-11)23-10-16(26)18-19(27)24-15-8-14(25)3-4-17(15)28-18/h3-8,16,18,23,25-26H,9-10H2,1-2H3,(H,24,27). The van der Waals surface area contributed by atoms with Crippen LogP contribution in [0.25, 0.3) is 0 Å². The first kappa shape index (κ1) is 20.7. The van der Waals surface area contributed by atoms with E-state index >= 15 is 0 Å². The van der Waals surface area contributed by atoms with Crippen LogP contribution >= 0.6 is 23.2 Å². The topological polar surface area (TPSA) is 90.8 Å². The van der Waals surface area contributed by atoms with Crippen molar-refractivity contribution in [2.75, 3.05) is 11.9 Å². The minimum atomic E-state index is -1.07. The summed E-state index contributed by atoms with van der Waals surface area (Å²) in [6.45, 7) is 4.11. The van der Waals surface area contributed by atoms with Gasteiger partial charge in [-0.3, -0.25) is 4.79 Å². The largest absolute Gasteiger partial charge is 0.508 e. The molecule has 2 atom stereocenters. The molecule has 0 saturated carbocycles. The maximum atomic E-state index is 12.3. The molecule has 4 N–H and O–H groups in total. The van der Waals surface area contributed by atoms with Crippen molar-refractivity contribution in [2.24, 2.45) is 0 Å². The van der Waals surface area contributed by atoms with Crippen LogP contribution in [0.5, 0.6) is 11.5 Å². The molecule has 1 aliphatic heterocycles. The van der Waals surface area contributed by atoms with E-state index in [0.29, 0.717) is 27.9 Å². The number of ether oxygens (including phenoxy) is 1. The van der Waals surface area contributed by atoms with Crippen molar-refractivity contribution < 1.29 is 19.7 Å². The summed E-state index contributed by atoms with van der Waals surface area (Å²) in [6, 6.07) is 9.76. The average molecular weight is 425 g/mol. The average Bonchev–Trinajstić information content (AvgIpc) is 2.57. The number of halogens is 2. The Morgan fingerprint density at radius 2 is 1.89 bits per heavy atom. The summed E-state index contributed by atoms with van der Waals surface area (Å²) in [6.07, 6.45) is -1.50. The fraction of sp³-hybridized carbons (Fsp3) is 0.350. The molecule has 0 radical (unpaired) electrons. The predicted octanol–water partition coefficient (Wildman–Crippen LogP) is 3.37. The molecule has 0 aromatic heterocycles. The molecule has 1 aliphatic rings. The highest BCUT2D eigenvalue weighted by Gasteiger charge is 2.34. The molecule has 0 saturated heterocycles. The number of aromatic hydroxyl groups is 1. The van der Waals surface area contributed by atoms with Crippen molar-refractivity contribution in [3.05, 3.63) is 52.0 Å². The molecule has 1 amide bonds. The van der Waals surface area contributed by atoms with Gasteiger partial charge in [0.1, 0.15) is 17.6 Å². The Hall–Kier alpha value is -1.99. The number of carbonyl (C=O) groups is 1. The molecule has 2 aromatic rings. The molecule has 6 nitrogen and oxygen atoms in total. The number of β-amino-alcohol motifs (C(OH)–C–C–N with tert-alkyl or cyclic N) is 1. The van der Waals surface area contributed by atoms with E-state index in [0.717, 1.165) is 5.56 Å². The summed E-state index contributed by atoms with van der Waals surface area (Å²) in [5.41, 5.74) is 0.952. The second kappa shape index (κ2) is 8.17. The molecule has 2 unspecified atom stereocenters. The number of aliphatic hydroxyl groups excluding tert-OH is 1. The SMILES string of the molecule is CC(C)(Cc1cc(Cl)cc(Cl)c1)NCC(O)C1Oc2ccc(O)cc2NC1=O.